The Morgan fingerprint density at radius 3 is 2.46 bits per heavy atom. The van der Waals surface area contributed by atoms with Crippen LogP contribution in [0.25, 0.3) is 22.2 Å². The summed E-state index contributed by atoms with van der Waals surface area (Å²) in [7, 11) is 0. The number of aryl methyl sites for hydroxylation is 1. The fourth-order valence-corrected chi connectivity index (χ4v) is 5.28. The fourth-order valence-electron chi connectivity index (χ4n) is 5.28. The molecule has 46 heavy (non-hydrogen) atoms. The van der Waals surface area contributed by atoms with E-state index >= 15 is 4.39 Å². The lowest BCUT2D eigenvalue weighted by Crippen LogP contribution is -2.43. The number of nitrogens with zero attached hydrogens (tertiary/aromatic N) is 2. The highest BCUT2D eigenvalue weighted by molar-refractivity contribution is 6.00. The predicted octanol–water partition coefficient (Wildman–Crippen LogP) is 5.08. The van der Waals surface area contributed by atoms with Gasteiger partial charge in [-0.2, -0.15) is 8.78 Å². The molecule has 0 radical (unpaired) electrons. The molecule has 5 rings (SSSR count). The second-order valence-corrected chi connectivity index (χ2v) is 11.0. The molecule has 0 unspecified atom stereocenters. The molecule has 242 valence electrons. The lowest BCUT2D eigenvalue weighted by molar-refractivity contribution is -0.117. The zero-order valence-electron chi connectivity index (χ0n) is 24.7. The summed E-state index contributed by atoms with van der Waals surface area (Å²) >= 11 is 0. The second-order valence-electron chi connectivity index (χ2n) is 11.0. The number of rotatable bonds is 12. The van der Waals surface area contributed by atoms with Gasteiger partial charge in [-0.15, -0.1) is 0 Å². The number of alkyl halides is 2. The summed E-state index contributed by atoms with van der Waals surface area (Å²) in [6, 6.07) is 6.43. The van der Waals surface area contributed by atoms with Crippen LogP contribution in [0, 0.1) is 30.3 Å². The van der Waals surface area contributed by atoms with Gasteiger partial charge in [-0.25, -0.2) is 18.2 Å². The Morgan fingerprint density at radius 1 is 1.09 bits per heavy atom. The number of hydrogen-bond donors (Lipinski definition) is 3. The molecule has 1 aliphatic rings. The summed E-state index contributed by atoms with van der Waals surface area (Å²) in [5, 5.41) is 15.0. The monoisotopic (exact) mass is 644 g/mol. The molecule has 14 heteroatoms. The molecule has 2 aromatic carbocycles. The van der Waals surface area contributed by atoms with Gasteiger partial charge in [0.2, 0.25) is 5.91 Å². The van der Waals surface area contributed by atoms with Crippen molar-refractivity contribution >= 4 is 22.7 Å². The maximum Gasteiger partial charge on any atom is 0.387 e. The van der Waals surface area contributed by atoms with Gasteiger partial charge in [0.25, 0.3) is 5.91 Å². The van der Waals surface area contributed by atoms with Crippen molar-refractivity contribution in [1.82, 2.24) is 15.3 Å². The van der Waals surface area contributed by atoms with Crippen LogP contribution >= 0.6 is 0 Å². The van der Waals surface area contributed by atoms with E-state index < -0.39 is 65.9 Å². The first kappa shape index (κ1) is 32.5. The molecule has 1 saturated carbocycles. The number of carbonyl (C=O) groups is 2. The molecule has 1 aliphatic carbocycles. The van der Waals surface area contributed by atoms with E-state index in [1.54, 1.807) is 19.9 Å². The number of halogens is 5. The highest BCUT2D eigenvalue weighted by Gasteiger charge is 2.47. The van der Waals surface area contributed by atoms with Gasteiger partial charge in [0, 0.05) is 34.3 Å². The van der Waals surface area contributed by atoms with Crippen molar-refractivity contribution in [1.29, 1.82) is 0 Å². The van der Waals surface area contributed by atoms with E-state index in [2.05, 4.69) is 20.0 Å². The number of hydrogen-bond acceptors (Lipinski definition) is 7. The largest absolute Gasteiger partial charge is 0.491 e. The summed E-state index contributed by atoms with van der Waals surface area (Å²) in [6.45, 7) is -0.280. The molecule has 0 bridgehead atoms. The van der Waals surface area contributed by atoms with E-state index in [1.165, 1.54) is 18.3 Å². The average molecular weight is 645 g/mol. The quantitative estimate of drug-likeness (QED) is 0.145. The van der Waals surface area contributed by atoms with Crippen LogP contribution in [0.3, 0.4) is 0 Å². The zero-order valence-corrected chi connectivity index (χ0v) is 24.7. The summed E-state index contributed by atoms with van der Waals surface area (Å²) < 4.78 is 79.8. The van der Waals surface area contributed by atoms with Crippen molar-refractivity contribution in [2.45, 2.75) is 45.3 Å². The van der Waals surface area contributed by atoms with Gasteiger partial charge < -0.3 is 25.6 Å². The van der Waals surface area contributed by atoms with Crippen LogP contribution in [0.5, 0.6) is 11.5 Å². The first-order chi connectivity index (χ1) is 21.8. The van der Waals surface area contributed by atoms with Gasteiger partial charge in [0.15, 0.2) is 17.4 Å². The lowest BCUT2D eigenvalue weighted by Gasteiger charge is -2.30. The van der Waals surface area contributed by atoms with E-state index in [1.807, 2.05) is 0 Å². The highest BCUT2D eigenvalue weighted by Crippen LogP contribution is 2.47. The minimum Gasteiger partial charge on any atom is -0.491 e. The lowest BCUT2D eigenvalue weighted by atomic mass is 9.90. The molecule has 4 N–H and O–H groups in total. The van der Waals surface area contributed by atoms with Crippen molar-refractivity contribution in [2.75, 3.05) is 13.2 Å². The molecule has 4 aromatic rings. The van der Waals surface area contributed by atoms with E-state index in [0.29, 0.717) is 35.9 Å². The Morgan fingerprint density at radius 2 is 1.80 bits per heavy atom. The Hall–Kier alpha value is -4.85. The van der Waals surface area contributed by atoms with Crippen LogP contribution in [-0.4, -0.2) is 46.7 Å². The summed E-state index contributed by atoms with van der Waals surface area (Å²) in [5.74, 6) is -6.45. The molecular formula is C32H29F5N4O5. The Labute approximate surface area is 259 Å². The van der Waals surface area contributed by atoms with Gasteiger partial charge in [-0.05, 0) is 68.5 Å². The molecule has 1 fully saturated rings. The molecule has 2 aromatic heterocycles. The number of aromatic nitrogens is 2. The number of primary amides is 1. The standard InChI is InChI=1S/C32H29F5N4O5/c1-3-45-29-17(10-26(38)42)9-25(41-28(29)20-11-22(34)23(35)12-21(20)33)32(44,19-4-5-19)14-40-30(43)18-7-16-6-15(2)13-39-27(16)24(8-18)46-31(36)37/h6-9,11-13,19,31,44H,3-5,10,14H2,1-2H3,(H2,38,42)(H,40,43)/t32-/m1/s1. The number of fused-ring (bicyclic) bond motifs is 1. The average Bonchev–Trinajstić information content (AvgIpc) is 3.84. The van der Waals surface area contributed by atoms with E-state index in [4.69, 9.17) is 10.5 Å². The highest BCUT2D eigenvalue weighted by atomic mass is 19.3. The number of nitrogens with one attached hydrogen (secondary N) is 1. The Kier molecular flexibility index (Phi) is 9.10. The van der Waals surface area contributed by atoms with Gasteiger partial charge in [0.1, 0.15) is 28.4 Å². The number of pyridine rings is 2. The van der Waals surface area contributed by atoms with Crippen LogP contribution in [0.15, 0.2) is 42.6 Å². The van der Waals surface area contributed by atoms with Crippen molar-refractivity contribution in [3.05, 3.63) is 82.4 Å². The van der Waals surface area contributed by atoms with Gasteiger partial charge >= 0.3 is 6.61 Å². The number of benzene rings is 2. The van der Waals surface area contributed by atoms with Crippen LogP contribution in [0.4, 0.5) is 22.0 Å². The first-order valence-electron chi connectivity index (χ1n) is 14.3. The molecule has 1 atom stereocenters. The Balaban J connectivity index is 1.57. The molecule has 2 amide bonds. The smallest absolute Gasteiger partial charge is 0.387 e. The molecule has 0 spiro atoms. The van der Waals surface area contributed by atoms with Crippen LogP contribution in [-0.2, 0) is 16.8 Å². The van der Waals surface area contributed by atoms with Gasteiger partial charge in [-0.1, -0.05) is 0 Å². The normalized spacial score (nSPS) is 14.3. The SMILES string of the molecule is CCOc1c(CC(N)=O)cc([C@@](O)(CNC(=O)c2cc(OC(F)F)c3ncc(C)cc3c2)C2CC2)nc1-c1cc(F)c(F)cc1F. The number of ether oxygens (including phenoxy) is 2. The minimum atomic E-state index is -3.18. The van der Waals surface area contributed by atoms with Gasteiger partial charge in [0.05, 0.1) is 25.3 Å². The molecule has 0 aliphatic heterocycles. The van der Waals surface area contributed by atoms with Crippen molar-refractivity contribution in [3.8, 4) is 22.8 Å². The number of carbonyl (C=O) groups excluding carboxylic acids is 2. The zero-order chi connectivity index (χ0) is 33.3. The first-order valence-corrected chi connectivity index (χ1v) is 14.3. The maximum absolute atomic E-state index is 15.0. The van der Waals surface area contributed by atoms with Crippen molar-refractivity contribution in [3.63, 3.8) is 0 Å². The van der Waals surface area contributed by atoms with E-state index in [0.717, 1.165) is 6.07 Å². The molecule has 2 heterocycles. The number of aliphatic hydroxyl groups is 1. The van der Waals surface area contributed by atoms with E-state index in [-0.39, 0.29) is 46.1 Å². The minimum absolute atomic E-state index is 0.0199. The number of nitrogens with two attached hydrogens (primary N) is 1. The molecule has 9 nitrogen and oxygen atoms in total. The third-order valence-corrected chi connectivity index (χ3v) is 7.55. The van der Waals surface area contributed by atoms with Crippen molar-refractivity contribution in [2.24, 2.45) is 11.7 Å². The van der Waals surface area contributed by atoms with Crippen molar-refractivity contribution < 1.29 is 46.1 Å². The topological polar surface area (TPSA) is 137 Å². The summed E-state index contributed by atoms with van der Waals surface area (Å²) in [4.78, 5) is 33.9. The fraction of sp³-hybridized carbons (Fsp3) is 0.312. The molecule has 0 saturated heterocycles. The number of amides is 2. The predicted molar refractivity (Wildman–Crippen MR) is 156 cm³/mol. The third-order valence-electron chi connectivity index (χ3n) is 7.55. The maximum atomic E-state index is 15.0. The van der Waals surface area contributed by atoms with Gasteiger partial charge in [-0.3, -0.25) is 14.6 Å². The summed E-state index contributed by atoms with van der Waals surface area (Å²) in [5.41, 5.74) is 3.48. The second kappa shape index (κ2) is 12.9. The molecular weight excluding hydrogens is 615 g/mol. The Bertz CT molecular complexity index is 1840. The summed E-state index contributed by atoms with van der Waals surface area (Å²) in [6.07, 6.45) is 2.05. The van der Waals surface area contributed by atoms with Crippen LogP contribution in [0.2, 0.25) is 0 Å². The third kappa shape index (κ3) is 6.71. The van der Waals surface area contributed by atoms with Crippen LogP contribution < -0.4 is 20.5 Å². The van der Waals surface area contributed by atoms with Crippen LogP contribution in [0.1, 0.15) is 46.9 Å². The van der Waals surface area contributed by atoms with E-state index in [9.17, 15) is 32.3 Å².